The van der Waals surface area contributed by atoms with Gasteiger partial charge >= 0.3 is 6.09 Å². The fraction of sp³-hybridized carbons (Fsp3) is 0.211. The van der Waals surface area contributed by atoms with Gasteiger partial charge in [-0.05, 0) is 74.3 Å². The lowest BCUT2D eigenvalue weighted by Crippen LogP contribution is -2.27. The fourth-order valence-corrected chi connectivity index (χ4v) is 2.89. The Morgan fingerprint density at radius 3 is 2.31 bits per heavy atom. The molecule has 6 nitrogen and oxygen atoms in total. The van der Waals surface area contributed by atoms with Gasteiger partial charge in [-0.2, -0.15) is 0 Å². The number of nitrogens with one attached hydrogen (secondary N) is 1. The molecule has 0 aliphatic rings. The second-order valence-electron chi connectivity index (χ2n) is 7.02. The minimum atomic E-state index is -0.680. The summed E-state index contributed by atoms with van der Waals surface area (Å²) in [4.78, 5) is 22.5. The number of H-pyrrole nitrogens is 1. The number of carbonyl (C=O) groups excluding carboxylic acids is 1. The van der Waals surface area contributed by atoms with Crippen molar-refractivity contribution in [3.63, 3.8) is 0 Å². The fourth-order valence-electron chi connectivity index (χ4n) is 2.45. The second kappa shape index (κ2) is 7.96. The van der Waals surface area contributed by atoms with E-state index in [1.807, 2.05) is 0 Å². The number of ether oxygens (including phenoxy) is 1. The van der Waals surface area contributed by atoms with Gasteiger partial charge in [0.15, 0.2) is 0 Å². The summed E-state index contributed by atoms with van der Waals surface area (Å²) < 4.78 is 32.0. The van der Waals surface area contributed by atoms with E-state index in [9.17, 15) is 13.6 Å². The van der Waals surface area contributed by atoms with E-state index >= 15 is 0 Å². The number of rotatable bonds is 0. The van der Waals surface area contributed by atoms with Crippen molar-refractivity contribution in [2.75, 3.05) is 0 Å². The summed E-state index contributed by atoms with van der Waals surface area (Å²) in [7, 11) is 0. The summed E-state index contributed by atoms with van der Waals surface area (Å²) in [5.41, 5.74) is 1.36. The molecule has 0 radical (unpaired) electrons. The average molecular weight is 441 g/mol. The van der Waals surface area contributed by atoms with Crippen LogP contribution in [0.2, 0.25) is 10.6 Å². The van der Waals surface area contributed by atoms with Crippen molar-refractivity contribution in [1.29, 1.82) is 0 Å². The third-order valence-electron chi connectivity index (χ3n) is 3.57. The number of aromatic nitrogens is 4. The quantitative estimate of drug-likeness (QED) is 0.365. The first-order valence-electron chi connectivity index (χ1n) is 8.41. The molecule has 4 aromatic rings. The molecule has 29 heavy (non-hydrogen) atoms. The molecule has 0 aliphatic heterocycles. The summed E-state index contributed by atoms with van der Waals surface area (Å²) >= 11 is 11.4. The van der Waals surface area contributed by atoms with Gasteiger partial charge < -0.3 is 9.72 Å². The first-order chi connectivity index (χ1) is 13.5. The van der Waals surface area contributed by atoms with Crippen LogP contribution in [0.5, 0.6) is 0 Å². The minimum Gasteiger partial charge on any atom is -0.443 e. The molecular formula is C19H16Cl2F2N4O2. The number of hydrogen-bond acceptors (Lipinski definition) is 4. The van der Waals surface area contributed by atoms with Gasteiger partial charge in [-0.3, -0.25) is 0 Å². The molecule has 2 aromatic carbocycles. The van der Waals surface area contributed by atoms with E-state index in [4.69, 9.17) is 27.9 Å². The topological polar surface area (TPSA) is 72.8 Å². The highest BCUT2D eigenvalue weighted by Gasteiger charge is 2.22. The van der Waals surface area contributed by atoms with Crippen LogP contribution in [0.25, 0.3) is 22.1 Å². The van der Waals surface area contributed by atoms with Crippen LogP contribution in [-0.4, -0.2) is 31.2 Å². The van der Waals surface area contributed by atoms with Crippen molar-refractivity contribution in [1.82, 2.24) is 19.5 Å². The van der Waals surface area contributed by atoms with E-state index in [2.05, 4.69) is 15.0 Å². The Labute approximate surface area is 174 Å². The Morgan fingerprint density at radius 1 is 1.03 bits per heavy atom. The number of imidazole rings is 2. The Hall–Kier alpha value is -2.71. The number of carbonyl (C=O) groups is 1. The van der Waals surface area contributed by atoms with E-state index in [1.54, 1.807) is 26.8 Å². The molecule has 2 heterocycles. The SMILES string of the molecule is CC(C)(C)OC(=O)n1c(Cl)nc2ccc(F)cc21.Fc1ccc2nc(Cl)[nH]c2c1. The number of aromatic amines is 1. The summed E-state index contributed by atoms with van der Waals surface area (Å²) in [5.74, 6) is -0.762. The van der Waals surface area contributed by atoms with Crippen molar-refractivity contribution in [2.45, 2.75) is 26.4 Å². The monoisotopic (exact) mass is 440 g/mol. The van der Waals surface area contributed by atoms with Gasteiger partial charge in [-0.25, -0.2) is 28.1 Å². The molecule has 0 saturated carbocycles. The Kier molecular flexibility index (Phi) is 5.77. The molecule has 10 heteroatoms. The van der Waals surface area contributed by atoms with Gasteiger partial charge in [-0.15, -0.1) is 0 Å². The number of hydrogen-bond donors (Lipinski definition) is 1. The molecule has 0 amide bonds. The third kappa shape index (κ3) is 5.02. The molecule has 1 N–H and O–H groups in total. The maximum Gasteiger partial charge on any atom is 0.421 e. The number of halogens is 4. The summed E-state index contributed by atoms with van der Waals surface area (Å²) in [6, 6.07) is 8.18. The highest BCUT2D eigenvalue weighted by molar-refractivity contribution is 6.30. The zero-order valence-electron chi connectivity index (χ0n) is 15.6. The zero-order valence-corrected chi connectivity index (χ0v) is 17.1. The average Bonchev–Trinajstić information content (AvgIpc) is 3.11. The minimum absolute atomic E-state index is 0.0511. The lowest BCUT2D eigenvalue weighted by Gasteiger charge is -2.19. The molecule has 4 rings (SSSR count). The van der Waals surface area contributed by atoms with Crippen LogP contribution in [-0.2, 0) is 4.74 Å². The Bertz CT molecular complexity index is 1200. The van der Waals surface area contributed by atoms with E-state index in [-0.39, 0.29) is 21.9 Å². The molecule has 0 fully saturated rings. The number of nitrogens with zero attached hydrogens (tertiary/aromatic N) is 3. The lowest BCUT2D eigenvalue weighted by atomic mass is 10.2. The van der Waals surface area contributed by atoms with E-state index in [0.717, 1.165) is 4.57 Å². The van der Waals surface area contributed by atoms with E-state index < -0.39 is 17.5 Å². The molecule has 0 spiro atoms. The largest absolute Gasteiger partial charge is 0.443 e. The summed E-state index contributed by atoms with van der Waals surface area (Å²) in [5, 5.41) is 0.232. The predicted molar refractivity (Wildman–Crippen MR) is 107 cm³/mol. The summed E-state index contributed by atoms with van der Waals surface area (Å²) in [6.07, 6.45) is -0.680. The van der Waals surface area contributed by atoms with Crippen LogP contribution >= 0.6 is 23.2 Å². The highest BCUT2D eigenvalue weighted by atomic mass is 35.5. The molecule has 0 unspecified atom stereocenters. The van der Waals surface area contributed by atoms with Gasteiger partial charge in [0.2, 0.25) is 10.6 Å². The van der Waals surface area contributed by atoms with Gasteiger partial charge in [0, 0.05) is 6.07 Å². The van der Waals surface area contributed by atoms with Gasteiger partial charge in [0.05, 0.1) is 22.1 Å². The van der Waals surface area contributed by atoms with Crippen LogP contribution < -0.4 is 0 Å². The van der Waals surface area contributed by atoms with Crippen LogP contribution in [0.4, 0.5) is 13.6 Å². The van der Waals surface area contributed by atoms with Crippen LogP contribution in [0.15, 0.2) is 36.4 Å². The van der Waals surface area contributed by atoms with Gasteiger partial charge in [0.25, 0.3) is 0 Å². The first-order valence-corrected chi connectivity index (χ1v) is 9.17. The normalized spacial score (nSPS) is 11.4. The maximum atomic E-state index is 13.2. The van der Waals surface area contributed by atoms with E-state index in [0.29, 0.717) is 16.6 Å². The second-order valence-corrected chi connectivity index (χ2v) is 7.71. The summed E-state index contributed by atoms with van der Waals surface area (Å²) in [6.45, 7) is 5.20. The molecular weight excluding hydrogens is 425 g/mol. The van der Waals surface area contributed by atoms with Crippen LogP contribution in [0.3, 0.4) is 0 Å². The van der Waals surface area contributed by atoms with E-state index in [1.165, 1.54) is 30.3 Å². The lowest BCUT2D eigenvalue weighted by molar-refractivity contribution is 0.0544. The standard InChI is InChI=1S/C12H12ClFN2O2.C7H4ClFN2/c1-12(2,3)18-11(17)16-9-6-7(14)4-5-8(9)15-10(16)13;8-7-10-5-2-1-4(9)3-6(5)11-7/h4-6H,1-3H3;1-3H,(H,10,11). The Balaban J connectivity index is 0.000000186. The maximum absolute atomic E-state index is 13.2. The highest BCUT2D eigenvalue weighted by Crippen LogP contribution is 2.22. The van der Waals surface area contributed by atoms with Crippen molar-refractivity contribution >= 4 is 51.4 Å². The molecule has 0 atom stereocenters. The van der Waals surface area contributed by atoms with Gasteiger partial charge in [-0.1, -0.05) is 0 Å². The number of fused-ring (bicyclic) bond motifs is 2. The molecule has 0 aliphatic carbocycles. The zero-order chi connectivity index (χ0) is 21.3. The van der Waals surface area contributed by atoms with Crippen molar-refractivity contribution in [3.8, 4) is 0 Å². The smallest absolute Gasteiger partial charge is 0.421 e. The van der Waals surface area contributed by atoms with Crippen LogP contribution in [0.1, 0.15) is 20.8 Å². The third-order valence-corrected chi connectivity index (χ3v) is 4.00. The first kappa shape index (κ1) is 21.0. The van der Waals surface area contributed by atoms with Gasteiger partial charge in [0.1, 0.15) is 17.2 Å². The molecule has 152 valence electrons. The van der Waals surface area contributed by atoms with Crippen molar-refractivity contribution in [3.05, 3.63) is 58.6 Å². The Morgan fingerprint density at radius 2 is 1.66 bits per heavy atom. The molecule has 0 saturated heterocycles. The van der Waals surface area contributed by atoms with Crippen LogP contribution in [0, 0.1) is 11.6 Å². The predicted octanol–water partition coefficient (Wildman–Crippen LogP) is 5.97. The molecule has 0 bridgehead atoms. The van der Waals surface area contributed by atoms with Crippen molar-refractivity contribution in [2.24, 2.45) is 0 Å². The molecule has 2 aromatic heterocycles. The van der Waals surface area contributed by atoms with Crippen molar-refractivity contribution < 1.29 is 18.3 Å². The number of benzene rings is 2.